The Morgan fingerprint density at radius 2 is 2.10 bits per heavy atom. The SMILES string of the molecule is CCC(N)C(Oc1cc(C)ccc1Cl)c1ccc(Br)s1. The van der Waals surface area contributed by atoms with Gasteiger partial charge in [-0.05, 0) is 59.1 Å². The van der Waals surface area contributed by atoms with Crippen molar-refractivity contribution in [3.8, 4) is 5.75 Å². The third kappa shape index (κ3) is 3.76. The fourth-order valence-corrected chi connectivity index (χ4v) is 3.58. The molecule has 2 N–H and O–H groups in total. The van der Waals surface area contributed by atoms with Gasteiger partial charge in [0.15, 0.2) is 0 Å². The van der Waals surface area contributed by atoms with Gasteiger partial charge >= 0.3 is 0 Å². The quantitative estimate of drug-likeness (QED) is 0.767. The number of hydrogen-bond acceptors (Lipinski definition) is 3. The molecular formula is C15H17BrClNOS. The van der Waals surface area contributed by atoms with Crippen LogP contribution in [-0.4, -0.2) is 6.04 Å². The molecule has 0 fully saturated rings. The summed E-state index contributed by atoms with van der Waals surface area (Å²) in [5.41, 5.74) is 7.33. The van der Waals surface area contributed by atoms with Crippen molar-refractivity contribution in [3.05, 3.63) is 49.6 Å². The van der Waals surface area contributed by atoms with Gasteiger partial charge in [0.05, 0.1) is 8.81 Å². The van der Waals surface area contributed by atoms with Crippen molar-refractivity contribution in [2.75, 3.05) is 0 Å². The van der Waals surface area contributed by atoms with Gasteiger partial charge in [-0.3, -0.25) is 0 Å². The number of aryl methyl sites for hydroxylation is 1. The van der Waals surface area contributed by atoms with Crippen LogP contribution in [0.5, 0.6) is 5.75 Å². The molecule has 0 aliphatic heterocycles. The molecule has 5 heteroatoms. The van der Waals surface area contributed by atoms with E-state index in [-0.39, 0.29) is 12.1 Å². The molecule has 2 nitrogen and oxygen atoms in total. The van der Waals surface area contributed by atoms with E-state index in [2.05, 4.69) is 22.9 Å². The van der Waals surface area contributed by atoms with Crippen molar-refractivity contribution in [1.82, 2.24) is 0 Å². The first-order valence-electron chi connectivity index (χ1n) is 6.45. The monoisotopic (exact) mass is 373 g/mol. The van der Waals surface area contributed by atoms with Crippen LogP contribution in [0, 0.1) is 6.92 Å². The van der Waals surface area contributed by atoms with Gasteiger partial charge in [0.2, 0.25) is 0 Å². The molecule has 1 aromatic heterocycles. The van der Waals surface area contributed by atoms with E-state index in [0.717, 1.165) is 20.6 Å². The van der Waals surface area contributed by atoms with Crippen molar-refractivity contribution in [3.63, 3.8) is 0 Å². The van der Waals surface area contributed by atoms with Gasteiger partial charge in [-0.1, -0.05) is 24.6 Å². The summed E-state index contributed by atoms with van der Waals surface area (Å²) in [6, 6.07) is 9.74. The summed E-state index contributed by atoms with van der Waals surface area (Å²) in [4.78, 5) is 1.10. The predicted octanol–water partition coefficient (Wildman–Crippen LogP) is 5.33. The van der Waals surface area contributed by atoms with E-state index < -0.39 is 0 Å². The molecule has 0 bridgehead atoms. The third-order valence-corrected chi connectivity index (χ3v) is 5.07. The molecule has 1 heterocycles. The summed E-state index contributed by atoms with van der Waals surface area (Å²) in [6.45, 7) is 4.07. The molecule has 2 rings (SSSR count). The summed E-state index contributed by atoms with van der Waals surface area (Å²) in [7, 11) is 0. The molecule has 0 aliphatic rings. The molecule has 1 aromatic carbocycles. The van der Waals surface area contributed by atoms with Crippen molar-refractivity contribution in [2.24, 2.45) is 5.73 Å². The molecule has 0 aliphatic carbocycles. The highest BCUT2D eigenvalue weighted by atomic mass is 79.9. The van der Waals surface area contributed by atoms with Crippen LogP contribution in [0.1, 0.15) is 29.9 Å². The Morgan fingerprint density at radius 1 is 1.35 bits per heavy atom. The molecule has 0 saturated carbocycles. The highest BCUT2D eigenvalue weighted by Crippen LogP contribution is 2.35. The van der Waals surface area contributed by atoms with Crippen molar-refractivity contribution in [2.45, 2.75) is 32.4 Å². The Bertz CT molecular complexity index is 587. The minimum atomic E-state index is -0.185. The van der Waals surface area contributed by atoms with E-state index >= 15 is 0 Å². The Balaban J connectivity index is 2.30. The van der Waals surface area contributed by atoms with Crippen LogP contribution < -0.4 is 10.5 Å². The average Bonchev–Trinajstić information content (AvgIpc) is 2.85. The summed E-state index contributed by atoms with van der Waals surface area (Å²) in [6.07, 6.45) is 0.652. The van der Waals surface area contributed by atoms with Crippen molar-refractivity contribution >= 4 is 38.9 Å². The fraction of sp³-hybridized carbons (Fsp3) is 0.333. The van der Waals surface area contributed by atoms with Gasteiger partial charge in [-0.2, -0.15) is 0 Å². The molecular weight excluding hydrogens is 358 g/mol. The van der Waals surface area contributed by atoms with E-state index in [1.165, 1.54) is 0 Å². The number of rotatable bonds is 5. The lowest BCUT2D eigenvalue weighted by Gasteiger charge is -2.24. The van der Waals surface area contributed by atoms with Gasteiger partial charge < -0.3 is 10.5 Å². The molecule has 0 spiro atoms. The molecule has 108 valence electrons. The first kappa shape index (κ1) is 15.8. The van der Waals surface area contributed by atoms with Crippen LogP contribution in [0.25, 0.3) is 0 Å². The fourth-order valence-electron chi connectivity index (χ4n) is 1.89. The molecule has 0 radical (unpaired) electrons. The number of halogens is 2. The Morgan fingerprint density at radius 3 is 2.70 bits per heavy atom. The lowest BCUT2D eigenvalue weighted by Crippen LogP contribution is -2.31. The normalized spacial score (nSPS) is 14.1. The number of benzene rings is 1. The van der Waals surface area contributed by atoms with Crippen LogP contribution in [0.2, 0.25) is 5.02 Å². The predicted molar refractivity (Wildman–Crippen MR) is 89.8 cm³/mol. The van der Waals surface area contributed by atoms with E-state index in [4.69, 9.17) is 22.1 Å². The molecule has 2 unspecified atom stereocenters. The number of thiophene rings is 1. The maximum Gasteiger partial charge on any atom is 0.148 e. The average molecular weight is 375 g/mol. The second kappa shape index (κ2) is 6.94. The number of hydrogen-bond donors (Lipinski definition) is 1. The summed E-state index contributed by atoms with van der Waals surface area (Å²) in [5.74, 6) is 0.685. The lowest BCUT2D eigenvalue weighted by molar-refractivity contribution is 0.174. The summed E-state index contributed by atoms with van der Waals surface area (Å²) >= 11 is 11.3. The van der Waals surface area contributed by atoms with Crippen molar-refractivity contribution < 1.29 is 4.74 Å². The Labute approximate surface area is 137 Å². The second-order valence-corrected chi connectivity index (χ2v) is 7.59. The van der Waals surface area contributed by atoms with Gasteiger partial charge in [0.25, 0.3) is 0 Å². The van der Waals surface area contributed by atoms with Crippen molar-refractivity contribution in [1.29, 1.82) is 0 Å². The highest BCUT2D eigenvalue weighted by molar-refractivity contribution is 9.11. The van der Waals surface area contributed by atoms with Gasteiger partial charge in [-0.25, -0.2) is 0 Å². The zero-order valence-electron chi connectivity index (χ0n) is 11.4. The Kier molecular flexibility index (Phi) is 5.49. The van der Waals surface area contributed by atoms with E-state index in [1.54, 1.807) is 11.3 Å². The second-order valence-electron chi connectivity index (χ2n) is 4.69. The zero-order valence-corrected chi connectivity index (χ0v) is 14.6. The van der Waals surface area contributed by atoms with E-state index in [1.807, 2.05) is 37.3 Å². The van der Waals surface area contributed by atoms with Crippen LogP contribution in [0.4, 0.5) is 0 Å². The lowest BCUT2D eigenvalue weighted by atomic mass is 10.1. The van der Waals surface area contributed by atoms with Gasteiger partial charge in [0, 0.05) is 10.9 Å². The molecule has 0 amide bonds. The molecule has 2 aromatic rings. The minimum Gasteiger partial charge on any atom is -0.482 e. The van der Waals surface area contributed by atoms with Crippen LogP contribution >= 0.6 is 38.9 Å². The van der Waals surface area contributed by atoms with Crippen LogP contribution in [-0.2, 0) is 0 Å². The molecule has 2 atom stereocenters. The van der Waals surface area contributed by atoms with Crippen LogP contribution in [0.3, 0.4) is 0 Å². The number of nitrogens with two attached hydrogens (primary N) is 1. The zero-order chi connectivity index (χ0) is 14.7. The first-order valence-corrected chi connectivity index (χ1v) is 8.43. The molecule has 20 heavy (non-hydrogen) atoms. The van der Waals surface area contributed by atoms with Gasteiger partial charge in [0.1, 0.15) is 11.9 Å². The minimum absolute atomic E-state index is 0.0721. The maximum atomic E-state index is 6.22. The summed E-state index contributed by atoms with van der Waals surface area (Å²) in [5, 5.41) is 0.611. The van der Waals surface area contributed by atoms with E-state index in [0.29, 0.717) is 10.8 Å². The van der Waals surface area contributed by atoms with Crippen LogP contribution in [0.15, 0.2) is 34.1 Å². The third-order valence-electron chi connectivity index (χ3n) is 3.08. The van der Waals surface area contributed by atoms with E-state index in [9.17, 15) is 0 Å². The van der Waals surface area contributed by atoms with Gasteiger partial charge in [-0.15, -0.1) is 11.3 Å². The summed E-state index contributed by atoms with van der Waals surface area (Å²) < 4.78 is 7.18. The molecule has 0 saturated heterocycles. The smallest absolute Gasteiger partial charge is 0.148 e. The number of ether oxygens (including phenoxy) is 1. The maximum absolute atomic E-state index is 6.22. The highest BCUT2D eigenvalue weighted by Gasteiger charge is 2.23. The largest absolute Gasteiger partial charge is 0.482 e. The topological polar surface area (TPSA) is 35.2 Å². The first-order chi connectivity index (χ1) is 9.51. The Hall–Kier alpha value is -0.550. The standard InChI is InChI=1S/C15H17BrClNOS/c1-3-11(18)15(13-6-7-14(16)20-13)19-12-8-9(2)4-5-10(12)17/h4-8,11,15H,3,18H2,1-2H3.